The summed E-state index contributed by atoms with van der Waals surface area (Å²) in [6.07, 6.45) is 102. The lowest BCUT2D eigenvalue weighted by atomic mass is 10.0. The van der Waals surface area contributed by atoms with Gasteiger partial charge in [-0.2, -0.15) is 0 Å². The van der Waals surface area contributed by atoms with E-state index < -0.39 is 12.1 Å². The Morgan fingerprint density at radius 1 is 0.329 bits per heavy atom. The van der Waals surface area contributed by atoms with Gasteiger partial charge in [0.15, 0.2) is 0 Å². The van der Waals surface area contributed by atoms with Crippen molar-refractivity contribution in [3.63, 3.8) is 0 Å². The lowest BCUT2D eigenvalue weighted by Gasteiger charge is -2.19. The van der Waals surface area contributed by atoms with E-state index in [0.29, 0.717) is 6.42 Å². The third kappa shape index (κ3) is 61.4. The first-order valence-corrected chi connectivity index (χ1v) is 32.4. The molecule has 4 heteroatoms. The highest BCUT2D eigenvalue weighted by Gasteiger charge is 2.18. The fourth-order valence-electron chi connectivity index (χ4n) is 9.25. The monoisotopic (exact) mass is 1050 g/mol. The Hall–Kier alpha value is -3.47. The first kappa shape index (κ1) is 72.5. The summed E-state index contributed by atoms with van der Waals surface area (Å²) in [6.45, 7) is 4.18. The van der Waals surface area contributed by atoms with Crippen molar-refractivity contribution in [2.24, 2.45) is 0 Å². The van der Waals surface area contributed by atoms with Crippen LogP contribution in [0.5, 0.6) is 0 Å². The maximum absolute atomic E-state index is 12.5. The molecule has 0 radical (unpaired) electrons. The molecule has 1 amide bonds. The highest BCUT2D eigenvalue weighted by atomic mass is 16.3. The normalized spacial score (nSPS) is 13.7. The number of hydrogen-bond acceptors (Lipinski definition) is 3. The molecular formula is C72H123NO3. The van der Waals surface area contributed by atoms with Crippen LogP contribution in [0.15, 0.2) is 134 Å². The zero-order chi connectivity index (χ0) is 54.8. The van der Waals surface area contributed by atoms with Gasteiger partial charge in [0.05, 0.1) is 18.8 Å². The third-order valence-corrected chi connectivity index (χ3v) is 14.1. The number of hydrogen-bond donors (Lipinski definition) is 3. The van der Waals surface area contributed by atoms with Gasteiger partial charge < -0.3 is 15.5 Å². The number of allylic oxidation sites excluding steroid dienone is 21. The number of aliphatic hydroxyl groups excluding tert-OH is 2. The average molecular weight is 1050 g/mol. The molecule has 434 valence electrons. The molecule has 2 atom stereocenters. The molecule has 0 rings (SSSR count). The summed E-state index contributed by atoms with van der Waals surface area (Å²) < 4.78 is 0. The predicted octanol–water partition coefficient (Wildman–Crippen LogP) is 22.1. The van der Waals surface area contributed by atoms with E-state index in [0.717, 1.165) is 103 Å². The van der Waals surface area contributed by atoms with Gasteiger partial charge in [0.1, 0.15) is 0 Å². The molecule has 0 aromatic carbocycles. The number of amides is 1. The predicted molar refractivity (Wildman–Crippen MR) is 340 cm³/mol. The SMILES string of the molecule is CC/C=C\C/C=C\C/C=C\C/C=C\C/C=C\C/C=C\C/C=C\C/C=C\C/C=C\CCCCCC(=O)NC(CO)C(O)/C=C/CC/C=C/CCCCCCCCCCCCCCCCCCCCCCCCCCCCC. The second kappa shape index (κ2) is 65.8. The summed E-state index contributed by atoms with van der Waals surface area (Å²) in [5.74, 6) is -0.109. The van der Waals surface area contributed by atoms with Crippen molar-refractivity contribution in [2.45, 2.75) is 309 Å². The first-order chi connectivity index (χ1) is 37.7. The smallest absolute Gasteiger partial charge is 0.220 e. The molecule has 0 saturated heterocycles. The molecule has 0 heterocycles. The van der Waals surface area contributed by atoms with Crippen LogP contribution < -0.4 is 5.32 Å². The van der Waals surface area contributed by atoms with Crippen molar-refractivity contribution in [1.29, 1.82) is 0 Å². The first-order valence-electron chi connectivity index (χ1n) is 32.4. The van der Waals surface area contributed by atoms with Crippen molar-refractivity contribution in [3.05, 3.63) is 134 Å². The minimum Gasteiger partial charge on any atom is -0.394 e. The van der Waals surface area contributed by atoms with Crippen LogP contribution in [0.25, 0.3) is 0 Å². The van der Waals surface area contributed by atoms with Crippen molar-refractivity contribution in [2.75, 3.05) is 6.61 Å². The van der Waals surface area contributed by atoms with Crippen molar-refractivity contribution >= 4 is 5.91 Å². The maximum Gasteiger partial charge on any atom is 0.220 e. The maximum atomic E-state index is 12.5. The Balaban J connectivity index is 3.63. The summed E-state index contributed by atoms with van der Waals surface area (Å²) in [6, 6.07) is -0.670. The molecule has 0 saturated carbocycles. The van der Waals surface area contributed by atoms with E-state index in [1.807, 2.05) is 6.08 Å². The number of aliphatic hydroxyl groups is 2. The molecule has 76 heavy (non-hydrogen) atoms. The van der Waals surface area contributed by atoms with Crippen LogP contribution in [0.4, 0.5) is 0 Å². The van der Waals surface area contributed by atoms with E-state index in [4.69, 9.17) is 0 Å². The molecule has 0 aliphatic heterocycles. The molecule has 0 aromatic rings. The van der Waals surface area contributed by atoms with Gasteiger partial charge in [-0.15, -0.1) is 0 Å². The van der Waals surface area contributed by atoms with Gasteiger partial charge in [-0.1, -0.05) is 321 Å². The van der Waals surface area contributed by atoms with Crippen LogP contribution in [0.1, 0.15) is 296 Å². The highest BCUT2D eigenvalue weighted by Crippen LogP contribution is 2.17. The van der Waals surface area contributed by atoms with Crippen LogP contribution in [0.2, 0.25) is 0 Å². The van der Waals surface area contributed by atoms with Gasteiger partial charge in [0, 0.05) is 6.42 Å². The molecule has 0 bridgehead atoms. The van der Waals surface area contributed by atoms with Crippen molar-refractivity contribution in [3.8, 4) is 0 Å². The Labute approximate surface area is 472 Å². The van der Waals surface area contributed by atoms with E-state index in [9.17, 15) is 15.0 Å². The minimum atomic E-state index is -0.889. The van der Waals surface area contributed by atoms with Crippen LogP contribution >= 0.6 is 0 Å². The van der Waals surface area contributed by atoms with E-state index >= 15 is 0 Å². The molecule has 4 nitrogen and oxygen atoms in total. The quantitative estimate of drug-likeness (QED) is 0.0420. The largest absolute Gasteiger partial charge is 0.394 e. The third-order valence-electron chi connectivity index (χ3n) is 14.1. The Morgan fingerprint density at radius 2 is 0.592 bits per heavy atom. The van der Waals surface area contributed by atoms with E-state index in [2.05, 4.69) is 141 Å². The lowest BCUT2D eigenvalue weighted by molar-refractivity contribution is -0.123. The Kier molecular flexibility index (Phi) is 62.8. The Bertz CT molecular complexity index is 1520. The van der Waals surface area contributed by atoms with Gasteiger partial charge in [-0.25, -0.2) is 0 Å². The molecule has 0 aliphatic rings. The summed E-state index contributed by atoms with van der Waals surface area (Å²) >= 11 is 0. The van der Waals surface area contributed by atoms with Crippen molar-refractivity contribution < 1.29 is 15.0 Å². The number of carbonyl (C=O) groups is 1. The van der Waals surface area contributed by atoms with Gasteiger partial charge in [-0.05, 0) is 103 Å². The van der Waals surface area contributed by atoms with E-state index in [1.54, 1.807) is 6.08 Å². The average Bonchev–Trinajstić information content (AvgIpc) is 3.42. The summed E-state index contributed by atoms with van der Waals surface area (Å²) in [4.78, 5) is 12.5. The second-order valence-corrected chi connectivity index (χ2v) is 21.4. The Morgan fingerprint density at radius 3 is 0.921 bits per heavy atom. The number of carbonyl (C=O) groups excluding carboxylic acids is 1. The molecular weight excluding hydrogens is 927 g/mol. The van der Waals surface area contributed by atoms with Gasteiger partial charge in [0.2, 0.25) is 5.91 Å². The van der Waals surface area contributed by atoms with Crippen molar-refractivity contribution in [1.82, 2.24) is 5.32 Å². The fourth-order valence-corrected chi connectivity index (χ4v) is 9.25. The van der Waals surface area contributed by atoms with Crippen LogP contribution in [-0.2, 0) is 4.79 Å². The van der Waals surface area contributed by atoms with Gasteiger partial charge in [-0.3, -0.25) is 4.79 Å². The number of rotatable bonds is 58. The highest BCUT2D eigenvalue weighted by molar-refractivity contribution is 5.76. The van der Waals surface area contributed by atoms with Crippen LogP contribution in [0, 0.1) is 0 Å². The van der Waals surface area contributed by atoms with Crippen LogP contribution in [0.3, 0.4) is 0 Å². The number of nitrogens with one attached hydrogen (secondary N) is 1. The second-order valence-electron chi connectivity index (χ2n) is 21.4. The minimum absolute atomic E-state index is 0.109. The van der Waals surface area contributed by atoms with E-state index in [-0.39, 0.29) is 12.5 Å². The number of unbranched alkanes of at least 4 members (excludes halogenated alkanes) is 31. The molecule has 0 spiro atoms. The van der Waals surface area contributed by atoms with E-state index in [1.165, 1.54) is 173 Å². The molecule has 2 unspecified atom stereocenters. The zero-order valence-electron chi connectivity index (χ0n) is 50.0. The zero-order valence-corrected chi connectivity index (χ0v) is 50.0. The standard InChI is InChI=1S/C72H123NO3/c1-3-5-7-9-11-13-15-17-19-21-23-25-27-29-31-33-35-36-38-39-41-43-45-47-49-51-53-55-57-59-61-63-65-67-71(75)70(69-74)73-72(76)68-66-64-62-60-58-56-54-52-50-48-46-44-42-40-37-34-32-30-28-26-24-22-20-18-16-14-12-10-8-6-4-2/h6,8,12,14,18,20,24,26,30,32,37,40,44,46,50,52,56-59,65,67,70-71,74-75H,3-5,7,9-11,13,15-17,19,21-23,25,27-29,31,33-36,38-39,41-43,45,47-49,51,53-55,60-64,66,68-69H2,1-2H3,(H,73,76)/b8-6-,14-12-,20-18-,26-24-,32-30-,40-37-,46-44-,52-50-,58-56-,59-57+,67-65+. The summed E-state index contributed by atoms with van der Waals surface area (Å²) in [7, 11) is 0. The topological polar surface area (TPSA) is 69.6 Å². The fraction of sp³-hybridized carbons (Fsp3) is 0.681. The molecule has 0 aromatic heterocycles. The van der Waals surface area contributed by atoms with Crippen LogP contribution in [-0.4, -0.2) is 34.9 Å². The van der Waals surface area contributed by atoms with Gasteiger partial charge >= 0.3 is 0 Å². The molecule has 0 fully saturated rings. The van der Waals surface area contributed by atoms with Gasteiger partial charge in [0.25, 0.3) is 0 Å². The molecule has 0 aliphatic carbocycles. The lowest BCUT2D eigenvalue weighted by Crippen LogP contribution is -2.45. The summed E-state index contributed by atoms with van der Waals surface area (Å²) in [5.41, 5.74) is 0. The summed E-state index contributed by atoms with van der Waals surface area (Å²) in [5, 5.41) is 23.2. The molecule has 3 N–H and O–H groups in total.